The van der Waals surface area contributed by atoms with E-state index in [2.05, 4.69) is 9.88 Å². The predicted octanol–water partition coefficient (Wildman–Crippen LogP) is 4.47. The molecule has 28 heavy (non-hydrogen) atoms. The molecule has 1 amide bonds. The van der Waals surface area contributed by atoms with Gasteiger partial charge in [0.1, 0.15) is 5.56 Å². The Bertz CT molecular complexity index is 1080. The maximum atomic E-state index is 12.8. The molecular formula is C18H14Cl2N4O3S. The highest BCUT2D eigenvalue weighted by Crippen LogP contribution is 2.31. The third-order valence-electron chi connectivity index (χ3n) is 4.56. The number of aromatic nitrogens is 1. The van der Waals surface area contributed by atoms with Gasteiger partial charge in [-0.25, -0.2) is 4.98 Å². The molecule has 0 spiro atoms. The SMILES string of the molecule is O=C(c1cc(Cl)ccc1[N+](=O)[O-])N1CCN(c2nc3ccc(Cl)cc3s2)CC1. The average molecular weight is 437 g/mol. The van der Waals surface area contributed by atoms with E-state index in [1.807, 2.05) is 18.2 Å². The Morgan fingerprint density at radius 3 is 2.46 bits per heavy atom. The summed E-state index contributed by atoms with van der Waals surface area (Å²) < 4.78 is 1.01. The van der Waals surface area contributed by atoms with Crippen molar-refractivity contribution in [2.75, 3.05) is 31.1 Å². The van der Waals surface area contributed by atoms with Crippen LogP contribution in [0.4, 0.5) is 10.8 Å². The molecule has 0 radical (unpaired) electrons. The van der Waals surface area contributed by atoms with Crippen LogP contribution in [0.3, 0.4) is 0 Å². The lowest BCUT2D eigenvalue weighted by molar-refractivity contribution is -0.385. The molecular weight excluding hydrogens is 423 g/mol. The van der Waals surface area contributed by atoms with E-state index in [4.69, 9.17) is 23.2 Å². The molecule has 0 atom stereocenters. The van der Waals surface area contributed by atoms with Gasteiger partial charge >= 0.3 is 0 Å². The number of amides is 1. The van der Waals surface area contributed by atoms with E-state index in [9.17, 15) is 14.9 Å². The maximum absolute atomic E-state index is 12.8. The first-order chi connectivity index (χ1) is 13.4. The fraction of sp³-hybridized carbons (Fsp3) is 0.222. The molecule has 2 aromatic carbocycles. The number of fused-ring (bicyclic) bond motifs is 1. The molecule has 7 nitrogen and oxygen atoms in total. The molecule has 144 valence electrons. The zero-order valence-corrected chi connectivity index (χ0v) is 16.8. The molecule has 0 bridgehead atoms. The average Bonchev–Trinajstić information content (AvgIpc) is 3.10. The van der Waals surface area contributed by atoms with E-state index < -0.39 is 4.92 Å². The molecule has 0 aliphatic carbocycles. The first kappa shape index (κ1) is 18.9. The van der Waals surface area contributed by atoms with Gasteiger partial charge in [0, 0.05) is 42.3 Å². The molecule has 3 aromatic rings. The Kier molecular flexibility index (Phi) is 5.09. The fourth-order valence-corrected chi connectivity index (χ4v) is 4.60. The van der Waals surface area contributed by atoms with Crippen molar-refractivity contribution in [1.29, 1.82) is 0 Å². The quantitative estimate of drug-likeness (QED) is 0.446. The molecule has 1 saturated heterocycles. The minimum absolute atomic E-state index is 0.0144. The number of hydrogen-bond acceptors (Lipinski definition) is 6. The number of rotatable bonds is 3. The summed E-state index contributed by atoms with van der Waals surface area (Å²) in [5.74, 6) is -0.384. The number of carbonyl (C=O) groups is 1. The van der Waals surface area contributed by atoms with E-state index >= 15 is 0 Å². The fourth-order valence-electron chi connectivity index (χ4n) is 3.13. The Labute approximate surface area is 174 Å². The largest absolute Gasteiger partial charge is 0.345 e. The van der Waals surface area contributed by atoms with Crippen molar-refractivity contribution in [2.45, 2.75) is 0 Å². The topological polar surface area (TPSA) is 79.6 Å². The summed E-state index contributed by atoms with van der Waals surface area (Å²) in [6.07, 6.45) is 0. The Hall–Kier alpha value is -2.42. The van der Waals surface area contributed by atoms with E-state index in [0.29, 0.717) is 36.2 Å². The second-order valence-corrected chi connectivity index (χ2v) is 8.19. The minimum Gasteiger partial charge on any atom is -0.345 e. The van der Waals surface area contributed by atoms with Gasteiger partial charge in [0.05, 0.1) is 15.1 Å². The smallest absolute Gasteiger partial charge is 0.282 e. The molecule has 1 aliphatic heterocycles. The van der Waals surface area contributed by atoms with Crippen LogP contribution in [0.1, 0.15) is 10.4 Å². The summed E-state index contributed by atoms with van der Waals surface area (Å²) in [5, 5.41) is 13.1. The standard InChI is InChI=1S/C18H14Cl2N4O3S/c19-11-2-4-15(24(26)27)13(9-11)17(25)22-5-7-23(8-6-22)18-21-14-3-1-12(20)10-16(14)28-18/h1-4,9-10H,5-8H2. The lowest BCUT2D eigenvalue weighted by Gasteiger charge is -2.34. The molecule has 1 fully saturated rings. The third kappa shape index (κ3) is 3.63. The molecule has 1 aliphatic rings. The summed E-state index contributed by atoms with van der Waals surface area (Å²) >= 11 is 13.5. The van der Waals surface area contributed by atoms with Crippen molar-refractivity contribution in [3.8, 4) is 0 Å². The monoisotopic (exact) mass is 436 g/mol. The van der Waals surface area contributed by atoms with Crippen LogP contribution in [0.2, 0.25) is 10.0 Å². The number of hydrogen-bond donors (Lipinski definition) is 0. The molecule has 10 heteroatoms. The number of benzene rings is 2. The number of piperazine rings is 1. The maximum Gasteiger partial charge on any atom is 0.282 e. The number of thiazole rings is 1. The number of nitrogens with zero attached hydrogens (tertiary/aromatic N) is 4. The Balaban J connectivity index is 1.50. The molecule has 0 saturated carbocycles. The summed E-state index contributed by atoms with van der Waals surface area (Å²) in [6, 6.07) is 9.60. The molecule has 2 heterocycles. The first-order valence-corrected chi connectivity index (χ1v) is 10.0. The lowest BCUT2D eigenvalue weighted by Crippen LogP contribution is -2.48. The molecule has 0 unspecified atom stereocenters. The summed E-state index contributed by atoms with van der Waals surface area (Å²) in [5.41, 5.74) is 0.665. The molecule has 1 aromatic heterocycles. The number of nitro groups is 1. The number of anilines is 1. The summed E-state index contributed by atoms with van der Waals surface area (Å²) in [7, 11) is 0. The second-order valence-electron chi connectivity index (χ2n) is 6.31. The first-order valence-electron chi connectivity index (χ1n) is 8.46. The highest BCUT2D eigenvalue weighted by atomic mass is 35.5. The zero-order valence-electron chi connectivity index (χ0n) is 14.5. The van der Waals surface area contributed by atoms with Crippen LogP contribution in [-0.4, -0.2) is 46.9 Å². The van der Waals surface area contributed by atoms with Crippen LogP contribution in [0.25, 0.3) is 10.2 Å². The van der Waals surface area contributed by atoms with Crippen molar-refractivity contribution in [3.63, 3.8) is 0 Å². The van der Waals surface area contributed by atoms with Crippen molar-refractivity contribution < 1.29 is 9.72 Å². The Morgan fingerprint density at radius 2 is 1.75 bits per heavy atom. The highest BCUT2D eigenvalue weighted by molar-refractivity contribution is 7.22. The van der Waals surface area contributed by atoms with Gasteiger partial charge in [-0.15, -0.1) is 0 Å². The van der Waals surface area contributed by atoms with Gasteiger partial charge in [0.15, 0.2) is 5.13 Å². The normalized spacial score (nSPS) is 14.5. The van der Waals surface area contributed by atoms with Crippen molar-refractivity contribution in [1.82, 2.24) is 9.88 Å². The number of carbonyl (C=O) groups excluding carboxylic acids is 1. The second kappa shape index (κ2) is 7.54. The third-order valence-corrected chi connectivity index (χ3v) is 6.11. The van der Waals surface area contributed by atoms with E-state index in [1.54, 1.807) is 16.2 Å². The van der Waals surface area contributed by atoms with Gasteiger partial charge in [0.2, 0.25) is 0 Å². The van der Waals surface area contributed by atoms with Gasteiger partial charge in [-0.1, -0.05) is 34.5 Å². The zero-order chi connectivity index (χ0) is 19.8. The van der Waals surface area contributed by atoms with Gasteiger partial charge in [-0.2, -0.15) is 0 Å². The van der Waals surface area contributed by atoms with Crippen LogP contribution in [0.5, 0.6) is 0 Å². The summed E-state index contributed by atoms with van der Waals surface area (Å²) in [4.78, 5) is 31.8. The lowest BCUT2D eigenvalue weighted by atomic mass is 10.1. The number of halogens is 2. The van der Waals surface area contributed by atoms with Gasteiger partial charge in [0.25, 0.3) is 11.6 Å². The van der Waals surface area contributed by atoms with E-state index in [-0.39, 0.29) is 17.2 Å². The number of nitro benzene ring substituents is 1. The van der Waals surface area contributed by atoms with Crippen LogP contribution in [-0.2, 0) is 0 Å². The van der Waals surface area contributed by atoms with Crippen molar-refractivity contribution >= 4 is 61.5 Å². The minimum atomic E-state index is -0.563. The van der Waals surface area contributed by atoms with Gasteiger partial charge < -0.3 is 9.80 Å². The van der Waals surface area contributed by atoms with Crippen LogP contribution >= 0.6 is 34.5 Å². The van der Waals surface area contributed by atoms with Crippen LogP contribution in [0.15, 0.2) is 36.4 Å². The van der Waals surface area contributed by atoms with Crippen molar-refractivity contribution in [3.05, 3.63) is 62.1 Å². The van der Waals surface area contributed by atoms with Gasteiger partial charge in [-0.3, -0.25) is 14.9 Å². The highest BCUT2D eigenvalue weighted by Gasteiger charge is 2.28. The summed E-state index contributed by atoms with van der Waals surface area (Å²) in [6.45, 7) is 2.07. The van der Waals surface area contributed by atoms with E-state index in [0.717, 1.165) is 15.3 Å². The van der Waals surface area contributed by atoms with E-state index in [1.165, 1.54) is 18.2 Å². The predicted molar refractivity (Wildman–Crippen MR) is 111 cm³/mol. The van der Waals surface area contributed by atoms with Crippen LogP contribution < -0.4 is 4.90 Å². The van der Waals surface area contributed by atoms with Gasteiger partial charge in [-0.05, 0) is 30.3 Å². The van der Waals surface area contributed by atoms with Crippen molar-refractivity contribution in [2.24, 2.45) is 0 Å². The Morgan fingerprint density at radius 1 is 1.07 bits per heavy atom. The van der Waals surface area contributed by atoms with Crippen LogP contribution in [0, 0.1) is 10.1 Å². The molecule has 4 rings (SSSR count). The molecule has 0 N–H and O–H groups in total.